The molecule has 0 bridgehead atoms. The maximum absolute atomic E-state index is 4.31. The predicted octanol–water partition coefficient (Wildman–Crippen LogP) is 5.21. The molecular formula is C18H18N2S. The van der Waals surface area contributed by atoms with Crippen LogP contribution in [0.4, 0.5) is 0 Å². The number of thiophene rings is 1. The van der Waals surface area contributed by atoms with Gasteiger partial charge in [0.05, 0.1) is 0 Å². The fraction of sp³-hybridized carbons (Fsp3) is 0.222. The van der Waals surface area contributed by atoms with Gasteiger partial charge in [0.15, 0.2) is 0 Å². The Balaban J connectivity index is 1.93. The van der Waals surface area contributed by atoms with Gasteiger partial charge in [-0.1, -0.05) is 19.4 Å². The summed E-state index contributed by atoms with van der Waals surface area (Å²) >= 11 is 1.81. The zero-order valence-corrected chi connectivity index (χ0v) is 12.9. The van der Waals surface area contributed by atoms with Crippen molar-refractivity contribution in [2.75, 3.05) is 0 Å². The number of pyridine rings is 2. The number of hydrogen-bond donors (Lipinski definition) is 0. The Kier molecular flexibility index (Phi) is 4.41. The maximum atomic E-state index is 4.31. The van der Waals surface area contributed by atoms with Crippen molar-refractivity contribution in [2.45, 2.75) is 26.2 Å². The maximum Gasteiger partial charge on any atom is 0.0367 e. The SMILES string of the molecule is CCCCc1ccncc1-c1ccc(-c2cccnc2)s1. The molecule has 0 saturated carbocycles. The minimum Gasteiger partial charge on any atom is -0.264 e. The number of rotatable bonds is 5. The number of aryl methyl sites for hydroxylation is 1. The van der Waals surface area contributed by atoms with Gasteiger partial charge in [-0.2, -0.15) is 0 Å². The van der Waals surface area contributed by atoms with Crippen molar-refractivity contribution in [2.24, 2.45) is 0 Å². The van der Waals surface area contributed by atoms with Crippen LogP contribution in [0.1, 0.15) is 25.3 Å². The summed E-state index contributed by atoms with van der Waals surface area (Å²) in [6.07, 6.45) is 11.2. The van der Waals surface area contributed by atoms with E-state index in [1.807, 2.05) is 30.9 Å². The summed E-state index contributed by atoms with van der Waals surface area (Å²) < 4.78 is 0. The number of hydrogen-bond acceptors (Lipinski definition) is 3. The molecule has 3 heteroatoms. The molecule has 0 aliphatic rings. The van der Waals surface area contributed by atoms with Crippen molar-refractivity contribution in [1.82, 2.24) is 9.97 Å². The van der Waals surface area contributed by atoms with E-state index < -0.39 is 0 Å². The van der Waals surface area contributed by atoms with Gasteiger partial charge >= 0.3 is 0 Å². The van der Waals surface area contributed by atoms with Gasteiger partial charge in [0.2, 0.25) is 0 Å². The van der Waals surface area contributed by atoms with Gasteiger partial charge in [-0.25, -0.2) is 0 Å². The molecule has 21 heavy (non-hydrogen) atoms. The Hall–Kier alpha value is -2.00. The molecule has 0 radical (unpaired) electrons. The third-order valence-electron chi connectivity index (χ3n) is 3.53. The molecule has 0 amide bonds. The summed E-state index contributed by atoms with van der Waals surface area (Å²) in [6, 6.07) is 10.6. The predicted molar refractivity (Wildman–Crippen MR) is 89.4 cm³/mol. The summed E-state index contributed by atoms with van der Waals surface area (Å²) in [6.45, 7) is 2.23. The quantitative estimate of drug-likeness (QED) is 0.645. The van der Waals surface area contributed by atoms with Gasteiger partial charge in [-0.05, 0) is 42.7 Å². The molecule has 3 heterocycles. The third-order valence-corrected chi connectivity index (χ3v) is 4.70. The van der Waals surface area contributed by atoms with E-state index in [1.165, 1.54) is 39.3 Å². The van der Waals surface area contributed by atoms with Crippen molar-refractivity contribution < 1.29 is 0 Å². The fourth-order valence-electron chi connectivity index (χ4n) is 2.38. The van der Waals surface area contributed by atoms with E-state index >= 15 is 0 Å². The average molecular weight is 294 g/mol. The van der Waals surface area contributed by atoms with Crippen LogP contribution in [0.5, 0.6) is 0 Å². The van der Waals surface area contributed by atoms with Crippen LogP contribution >= 0.6 is 11.3 Å². The number of nitrogens with zero attached hydrogens (tertiary/aromatic N) is 2. The Morgan fingerprint density at radius 2 is 1.81 bits per heavy atom. The molecule has 3 aromatic heterocycles. The van der Waals surface area contributed by atoms with Gasteiger partial charge in [-0.15, -0.1) is 11.3 Å². The van der Waals surface area contributed by atoms with Gasteiger partial charge in [0.1, 0.15) is 0 Å². The van der Waals surface area contributed by atoms with Gasteiger partial charge in [0.25, 0.3) is 0 Å². The first-order valence-electron chi connectivity index (χ1n) is 7.32. The number of aromatic nitrogens is 2. The highest BCUT2D eigenvalue weighted by atomic mass is 32.1. The van der Waals surface area contributed by atoms with Crippen LogP contribution in [0.25, 0.3) is 20.9 Å². The van der Waals surface area contributed by atoms with Crippen LogP contribution in [0.3, 0.4) is 0 Å². The molecule has 106 valence electrons. The van der Waals surface area contributed by atoms with E-state index in [0.29, 0.717) is 0 Å². The Labute approximate surface area is 129 Å². The average Bonchev–Trinajstić information content (AvgIpc) is 3.04. The smallest absolute Gasteiger partial charge is 0.0367 e. The first-order valence-corrected chi connectivity index (χ1v) is 8.13. The Morgan fingerprint density at radius 3 is 2.62 bits per heavy atom. The standard InChI is InChI=1S/C18H18N2S/c1-2-3-5-14-9-11-20-13-16(14)18-8-7-17(21-18)15-6-4-10-19-12-15/h4,6-13H,2-3,5H2,1H3. The molecule has 2 nitrogen and oxygen atoms in total. The third kappa shape index (κ3) is 3.19. The molecular weight excluding hydrogens is 276 g/mol. The minimum absolute atomic E-state index is 1.12. The lowest BCUT2D eigenvalue weighted by Crippen LogP contribution is -1.89. The first kappa shape index (κ1) is 14.0. The normalized spacial score (nSPS) is 10.7. The number of unbranched alkanes of at least 4 members (excludes halogenated alkanes) is 1. The van der Waals surface area contributed by atoms with E-state index in [2.05, 4.69) is 41.2 Å². The molecule has 0 saturated heterocycles. The molecule has 0 fully saturated rings. The van der Waals surface area contributed by atoms with Crippen molar-refractivity contribution in [1.29, 1.82) is 0 Å². The molecule has 0 spiro atoms. The fourth-order valence-corrected chi connectivity index (χ4v) is 3.42. The molecule has 3 rings (SSSR count). The molecule has 0 atom stereocenters. The zero-order chi connectivity index (χ0) is 14.5. The van der Waals surface area contributed by atoms with Crippen LogP contribution in [0, 0.1) is 0 Å². The first-order chi connectivity index (χ1) is 10.4. The second kappa shape index (κ2) is 6.64. The summed E-state index contributed by atoms with van der Waals surface area (Å²) in [4.78, 5) is 11.0. The van der Waals surface area contributed by atoms with E-state index in [9.17, 15) is 0 Å². The lowest BCUT2D eigenvalue weighted by atomic mass is 10.0. The van der Waals surface area contributed by atoms with Crippen LogP contribution in [0.2, 0.25) is 0 Å². The van der Waals surface area contributed by atoms with Crippen LogP contribution in [0.15, 0.2) is 55.1 Å². The summed E-state index contributed by atoms with van der Waals surface area (Å²) in [5.41, 5.74) is 3.84. The van der Waals surface area contributed by atoms with Crippen molar-refractivity contribution >= 4 is 11.3 Å². The molecule has 0 aliphatic carbocycles. The largest absolute Gasteiger partial charge is 0.264 e. The topological polar surface area (TPSA) is 25.8 Å². The molecule has 0 aliphatic heterocycles. The summed E-state index contributed by atoms with van der Waals surface area (Å²) in [5.74, 6) is 0. The van der Waals surface area contributed by atoms with E-state index in [0.717, 1.165) is 6.42 Å². The van der Waals surface area contributed by atoms with Gasteiger partial charge < -0.3 is 0 Å². The second-order valence-corrected chi connectivity index (χ2v) is 6.13. The Morgan fingerprint density at radius 1 is 0.952 bits per heavy atom. The van der Waals surface area contributed by atoms with E-state index in [1.54, 1.807) is 11.3 Å². The molecule has 0 N–H and O–H groups in total. The van der Waals surface area contributed by atoms with Crippen molar-refractivity contribution in [3.05, 3.63) is 60.7 Å². The second-order valence-electron chi connectivity index (χ2n) is 5.04. The van der Waals surface area contributed by atoms with Gasteiger partial charge in [-0.3, -0.25) is 9.97 Å². The minimum atomic E-state index is 1.12. The van der Waals surface area contributed by atoms with Crippen LogP contribution < -0.4 is 0 Å². The molecule has 3 aromatic rings. The highest BCUT2D eigenvalue weighted by molar-refractivity contribution is 7.18. The lowest BCUT2D eigenvalue weighted by molar-refractivity contribution is 0.795. The summed E-state index contributed by atoms with van der Waals surface area (Å²) in [5, 5.41) is 0. The van der Waals surface area contributed by atoms with Gasteiger partial charge in [0, 0.05) is 45.7 Å². The summed E-state index contributed by atoms with van der Waals surface area (Å²) in [7, 11) is 0. The van der Waals surface area contributed by atoms with Crippen LogP contribution in [-0.2, 0) is 6.42 Å². The highest BCUT2D eigenvalue weighted by Crippen LogP contribution is 2.35. The van der Waals surface area contributed by atoms with Crippen molar-refractivity contribution in [3.63, 3.8) is 0 Å². The van der Waals surface area contributed by atoms with E-state index in [-0.39, 0.29) is 0 Å². The van der Waals surface area contributed by atoms with Crippen molar-refractivity contribution in [3.8, 4) is 20.9 Å². The lowest BCUT2D eigenvalue weighted by Gasteiger charge is -2.06. The molecule has 0 unspecified atom stereocenters. The molecule has 0 aromatic carbocycles. The Bertz CT molecular complexity index is 704. The van der Waals surface area contributed by atoms with Crippen LogP contribution in [-0.4, -0.2) is 9.97 Å². The monoisotopic (exact) mass is 294 g/mol. The zero-order valence-electron chi connectivity index (χ0n) is 12.1. The highest BCUT2D eigenvalue weighted by Gasteiger charge is 2.09. The van der Waals surface area contributed by atoms with E-state index in [4.69, 9.17) is 0 Å².